The van der Waals surface area contributed by atoms with Crippen LogP contribution in [0.5, 0.6) is 11.5 Å². The van der Waals surface area contributed by atoms with Gasteiger partial charge in [0, 0.05) is 12.3 Å². The zero-order valence-corrected chi connectivity index (χ0v) is 11.7. The maximum atomic E-state index is 5.80. The fourth-order valence-electron chi connectivity index (χ4n) is 1.79. The molecule has 100 valence electrons. The quantitative estimate of drug-likeness (QED) is 0.894. The molecule has 3 nitrogen and oxygen atoms in total. The minimum atomic E-state index is 0.189. The first kappa shape index (κ1) is 13.4. The fourth-order valence-corrected chi connectivity index (χ4v) is 1.79. The highest BCUT2D eigenvalue weighted by molar-refractivity contribution is 5.51. The Bertz CT molecular complexity index is 547. The van der Waals surface area contributed by atoms with Gasteiger partial charge in [-0.1, -0.05) is 32.9 Å². The predicted molar refractivity (Wildman–Crippen MR) is 78.5 cm³/mol. The Balaban J connectivity index is 2.18. The lowest BCUT2D eigenvalue weighted by atomic mass is 9.82. The molecule has 0 saturated heterocycles. The van der Waals surface area contributed by atoms with E-state index < -0.39 is 0 Å². The molecule has 2 rings (SSSR count). The van der Waals surface area contributed by atoms with Crippen LogP contribution in [0, 0.1) is 0 Å². The van der Waals surface area contributed by atoms with Crippen LogP contribution in [0.4, 0.5) is 5.69 Å². The van der Waals surface area contributed by atoms with E-state index in [2.05, 4.69) is 37.9 Å². The van der Waals surface area contributed by atoms with Crippen molar-refractivity contribution >= 4 is 5.69 Å². The van der Waals surface area contributed by atoms with Crippen molar-refractivity contribution in [3.8, 4) is 11.5 Å². The van der Waals surface area contributed by atoms with Gasteiger partial charge in [-0.15, -0.1) is 0 Å². The molecule has 0 fully saturated rings. The molecule has 3 heteroatoms. The van der Waals surface area contributed by atoms with E-state index in [-0.39, 0.29) is 5.41 Å². The topological polar surface area (TPSA) is 48.1 Å². The molecule has 2 N–H and O–H groups in total. The second-order valence-corrected chi connectivity index (χ2v) is 5.28. The summed E-state index contributed by atoms with van der Waals surface area (Å²) >= 11 is 0. The Kier molecular flexibility index (Phi) is 3.74. The van der Waals surface area contributed by atoms with Gasteiger partial charge < -0.3 is 10.5 Å². The summed E-state index contributed by atoms with van der Waals surface area (Å²) in [7, 11) is 0. The Hall–Kier alpha value is -2.03. The number of ether oxygens (including phenoxy) is 1. The lowest BCUT2D eigenvalue weighted by Crippen LogP contribution is -2.14. The minimum absolute atomic E-state index is 0.189. The van der Waals surface area contributed by atoms with Crippen molar-refractivity contribution < 1.29 is 4.74 Å². The summed E-state index contributed by atoms with van der Waals surface area (Å²) < 4.78 is 5.75. The number of pyridine rings is 1. The van der Waals surface area contributed by atoms with Crippen LogP contribution in [0.3, 0.4) is 0 Å². The molecule has 0 spiro atoms. The van der Waals surface area contributed by atoms with Crippen molar-refractivity contribution in [1.82, 2.24) is 4.98 Å². The summed E-state index contributed by atoms with van der Waals surface area (Å²) in [5.41, 5.74) is 7.84. The van der Waals surface area contributed by atoms with Gasteiger partial charge in [-0.2, -0.15) is 0 Å². The highest BCUT2D eigenvalue weighted by Crippen LogP contribution is 2.30. The van der Waals surface area contributed by atoms with Gasteiger partial charge in [0.25, 0.3) is 0 Å². The van der Waals surface area contributed by atoms with Gasteiger partial charge in [-0.3, -0.25) is 4.98 Å². The number of nitrogen functional groups attached to an aromatic ring is 1. The van der Waals surface area contributed by atoms with Gasteiger partial charge in [-0.05, 0) is 29.5 Å². The largest absolute Gasteiger partial charge is 0.455 e. The zero-order valence-electron chi connectivity index (χ0n) is 11.7. The molecule has 19 heavy (non-hydrogen) atoms. The number of aromatic nitrogens is 1. The fraction of sp³-hybridized carbons (Fsp3) is 0.312. The summed E-state index contributed by atoms with van der Waals surface area (Å²) in [5.74, 6) is 1.42. The highest BCUT2D eigenvalue weighted by Gasteiger charge is 2.17. The SMILES string of the molecule is CCC(C)(C)c1ccc(Oc2ccncc2N)cc1. The third-order valence-electron chi connectivity index (χ3n) is 3.56. The zero-order chi connectivity index (χ0) is 13.9. The molecular weight excluding hydrogens is 236 g/mol. The standard InChI is InChI=1S/C16H20N2O/c1-4-16(2,3)12-5-7-13(8-6-12)19-15-9-10-18-11-14(15)17/h5-11H,4,17H2,1-3H3. The van der Waals surface area contributed by atoms with E-state index in [1.54, 1.807) is 18.5 Å². The van der Waals surface area contributed by atoms with Gasteiger partial charge in [0.1, 0.15) is 5.75 Å². The maximum absolute atomic E-state index is 5.80. The average molecular weight is 256 g/mol. The van der Waals surface area contributed by atoms with E-state index in [1.807, 2.05) is 12.1 Å². The van der Waals surface area contributed by atoms with Crippen LogP contribution in [0.2, 0.25) is 0 Å². The Labute approximate surface area is 114 Å². The molecule has 0 aliphatic rings. The van der Waals surface area contributed by atoms with Gasteiger partial charge in [0.15, 0.2) is 5.75 Å². The molecule has 0 saturated carbocycles. The highest BCUT2D eigenvalue weighted by atomic mass is 16.5. The Morgan fingerprint density at radius 2 is 1.84 bits per heavy atom. The van der Waals surface area contributed by atoms with Crippen LogP contribution in [-0.4, -0.2) is 4.98 Å². The molecule has 1 aromatic heterocycles. The predicted octanol–water partition coefficient (Wildman–Crippen LogP) is 4.14. The molecular formula is C16H20N2O. The Morgan fingerprint density at radius 1 is 1.16 bits per heavy atom. The number of rotatable bonds is 4. The lowest BCUT2D eigenvalue weighted by Gasteiger charge is -2.23. The molecule has 0 radical (unpaired) electrons. The summed E-state index contributed by atoms with van der Waals surface area (Å²) in [6.45, 7) is 6.68. The molecule has 1 aromatic carbocycles. The van der Waals surface area contributed by atoms with Crippen molar-refractivity contribution in [3.05, 3.63) is 48.3 Å². The smallest absolute Gasteiger partial charge is 0.153 e. The monoisotopic (exact) mass is 256 g/mol. The van der Waals surface area contributed by atoms with E-state index in [4.69, 9.17) is 10.5 Å². The number of hydrogen-bond donors (Lipinski definition) is 1. The first-order valence-electron chi connectivity index (χ1n) is 6.51. The van der Waals surface area contributed by atoms with Crippen molar-refractivity contribution in [2.75, 3.05) is 5.73 Å². The molecule has 0 bridgehead atoms. The first-order valence-corrected chi connectivity index (χ1v) is 6.51. The van der Waals surface area contributed by atoms with Crippen LogP contribution < -0.4 is 10.5 Å². The van der Waals surface area contributed by atoms with Crippen LogP contribution >= 0.6 is 0 Å². The van der Waals surface area contributed by atoms with Crippen molar-refractivity contribution in [3.63, 3.8) is 0 Å². The van der Waals surface area contributed by atoms with Crippen molar-refractivity contribution in [2.24, 2.45) is 0 Å². The van der Waals surface area contributed by atoms with E-state index in [1.165, 1.54) is 5.56 Å². The maximum Gasteiger partial charge on any atom is 0.153 e. The number of benzene rings is 1. The van der Waals surface area contributed by atoms with Crippen LogP contribution in [0.25, 0.3) is 0 Å². The number of nitrogens with two attached hydrogens (primary N) is 1. The second-order valence-electron chi connectivity index (χ2n) is 5.28. The summed E-state index contributed by atoms with van der Waals surface area (Å²) in [6, 6.07) is 9.94. The summed E-state index contributed by atoms with van der Waals surface area (Å²) in [6.07, 6.45) is 4.36. The molecule has 0 aliphatic heterocycles. The van der Waals surface area contributed by atoms with Crippen LogP contribution in [0.1, 0.15) is 32.8 Å². The third-order valence-corrected chi connectivity index (χ3v) is 3.56. The van der Waals surface area contributed by atoms with Crippen molar-refractivity contribution in [2.45, 2.75) is 32.6 Å². The van der Waals surface area contributed by atoms with Gasteiger partial charge >= 0.3 is 0 Å². The van der Waals surface area contributed by atoms with Crippen molar-refractivity contribution in [1.29, 1.82) is 0 Å². The molecule has 0 atom stereocenters. The minimum Gasteiger partial charge on any atom is -0.455 e. The van der Waals surface area contributed by atoms with Gasteiger partial charge in [0.2, 0.25) is 0 Å². The van der Waals surface area contributed by atoms with Gasteiger partial charge in [-0.25, -0.2) is 0 Å². The lowest BCUT2D eigenvalue weighted by molar-refractivity contribution is 0.479. The summed E-state index contributed by atoms with van der Waals surface area (Å²) in [5, 5.41) is 0. The molecule has 1 heterocycles. The van der Waals surface area contributed by atoms with E-state index >= 15 is 0 Å². The number of hydrogen-bond acceptors (Lipinski definition) is 3. The van der Waals surface area contributed by atoms with E-state index in [0.29, 0.717) is 11.4 Å². The molecule has 0 unspecified atom stereocenters. The first-order chi connectivity index (χ1) is 9.03. The van der Waals surface area contributed by atoms with Crippen LogP contribution in [0.15, 0.2) is 42.7 Å². The van der Waals surface area contributed by atoms with Gasteiger partial charge in [0.05, 0.1) is 11.9 Å². The second kappa shape index (κ2) is 5.31. The molecule has 0 amide bonds. The molecule has 2 aromatic rings. The third kappa shape index (κ3) is 3.05. The molecule has 0 aliphatic carbocycles. The van der Waals surface area contributed by atoms with Crippen LogP contribution in [-0.2, 0) is 5.41 Å². The number of nitrogens with zero attached hydrogens (tertiary/aromatic N) is 1. The number of anilines is 1. The van der Waals surface area contributed by atoms with E-state index in [9.17, 15) is 0 Å². The normalized spacial score (nSPS) is 11.3. The van der Waals surface area contributed by atoms with E-state index in [0.717, 1.165) is 12.2 Å². The Morgan fingerprint density at radius 3 is 2.42 bits per heavy atom. The summed E-state index contributed by atoms with van der Waals surface area (Å²) in [4.78, 5) is 3.94. The average Bonchev–Trinajstić information content (AvgIpc) is 2.42.